The third-order valence-corrected chi connectivity index (χ3v) is 7.32. The number of carbonyl (C=O) groups is 4. The van der Waals surface area contributed by atoms with E-state index in [1.807, 2.05) is 0 Å². The van der Waals surface area contributed by atoms with E-state index in [0.29, 0.717) is 45.3 Å². The SMILES string of the molecule is O=C(CCCCC(=O)OC(CCCC(=O)OCCCCCCO)C(=O)OCCCCCCO)OCCCCCCCCCCO. The van der Waals surface area contributed by atoms with Crippen LogP contribution in [0.15, 0.2) is 0 Å². The molecule has 0 aromatic rings. The smallest absolute Gasteiger partial charge is 0.347 e. The third-order valence-electron chi connectivity index (χ3n) is 7.32. The summed E-state index contributed by atoms with van der Waals surface area (Å²) in [6, 6.07) is 0. The molecule has 0 aromatic carbocycles. The van der Waals surface area contributed by atoms with Gasteiger partial charge in [0.2, 0.25) is 0 Å². The third kappa shape index (κ3) is 30.2. The highest BCUT2D eigenvalue weighted by Crippen LogP contribution is 2.13. The van der Waals surface area contributed by atoms with E-state index in [1.165, 1.54) is 6.42 Å². The lowest BCUT2D eigenvalue weighted by atomic mass is 10.1. The number of hydrogen-bond donors (Lipinski definition) is 3. The van der Waals surface area contributed by atoms with Crippen molar-refractivity contribution >= 4 is 23.9 Å². The van der Waals surface area contributed by atoms with Crippen LogP contribution >= 0.6 is 0 Å². The Bertz CT molecular complexity index is 729. The van der Waals surface area contributed by atoms with Crippen LogP contribution in [0.4, 0.5) is 0 Å². The second-order valence-electron chi connectivity index (χ2n) is 11.5. The van der Waals surface area contributed by atoms with Gasteiger partial charge in [-0.15, -0.1) is 0 Å². The molecule has 3 N–H and O–H groups in total. The summed E-state index contributed by atoms with van der Waals surface area (Å²) in [6.07, 6.45) is 15.1. The van der Waals surface area contributed by atoms with E-state index >= 15 is 0 Å². The van der Waals surface area contributed by atoms with Gasteiger partial charge in [0.1, 0.15) is 0 Å². The summed E-state index contributed by atoms with van der Waals surface area (Å²) in [6.45, 7) is 1.43. The first-order valence-electron chi connectivity index (χ1n) is 17.4. The number of aliphatic hydroxyl groups is 3. The Morgan fingerprint density at radius 1 is 0.400 bits per heavy atom. The quantitative estimate of drug-likeness (QED) is 0.0470. The first-order valence-corrected chi connectivity index (χ1v) is 17.4. The highest BCUT2D eigenvalue weighted by atomic mass is 16.6. The number of unbranched alkanes of at least 4 members (excludes halogenated alkanes) is 14. The van der Waals surface area contributed by atoms with E-state index in [4.69, 9.17) is 34.3 Å². The number of esters is 4. The van der Waals surface area contributed by atoms with Gasteiger partial charge in [0, 0.05) is 39.1 Å². The highest BCUT2D eigenvalue weighted by Gasteiger charge is 2.24. The molecular weight excluding hydrogens is 584 g/mol. The van der Waals surface area contributed by atoms with E-state index in [2.05, 4.69) is 0 Å². The number of hydrogen-bond acceptors (Lipinski definition) is 11. The van der Waals surface area contributed by atoms with E-state index in [0.717, 1.165) is 83.5 Å². The molecule has 0 aliphatic rings. The Labute approximate surface area is 270 Å². The lowest BCUT2D eigenvalue weighted by Gasteiger charge is -2.17. The second-order valence-corrected chi connectivity index (χ2v) is 11.5. The standard InChI is InChI=1S/C34H62O11/c35-24-13-5-3-1-2-4-8-16-27-42-31(38)21-11-12-22-33(40)45-30(34(41)44-29-18-10-7-15-26-37)20-19-23-32(39)43-28-17-9-6-14-25-36/h30,35-37H,1-29H2. The zero-order valence-corrected chi connectivity index (χ0v) is 27.7. The van der Waals surface area contributed by atoms with Gasteiger partial charge >= 0.3 is 23.9 Å². The predicted molar refractivity (Wildman–Crippen MR) is 170 cm³/mol. The molecule has 1 atom stereocenters. The molecule has 0 bridgehead atoms. The molecule has 1 unspecified atom stereocenters. The Hall–Kier alpha value is -2.24. The van der Waals surface area contributed by atoms with Crippen LogP contribution in [0.5, 0.6) is 0 Å². The normalized spacial score (nSPS) is 11.6. The summed E-state index contributed by atoms with van der Waals surface area (Å²) >= 11 is 0. The van der Waals surface area contributed by atoms with Crippen LogP contribution in [0.3, 0.4) is 0 Å². The molecule has 0 aromatic heterocycles. The number of rotatable bonds is 33. The molecule has 0 aliphatic carbocycles. The summed E-state index contributed by atoms with van der Waals surface area (Å²) < 4.78 is 21.2. The van der Waals surface area contributed by atoms with Gasteiger partial charge in [-0.3, -0.25) is 14.4 Å². The van der Waals surface area contributed by atoms with Crippen molar-refractivity contribution in [3.63, 3.8) is 0 Å². The average molecular weight is 647 g/mol. The fourth-order valence-corrected chi connectivity index (χ4v) is 4.60. The number of ether oxygens (including phenoxy) is 4. The van der Waals surface area contributed by atoms with Crippen LogP contribution in [0.2, 0.25) is 0 Å². The Morgan fingerprint density at radius 3 is 1.20 bits per heavy atom. The summed E-state index contributed by atoms with van der Waals surface area (Å²) in [7, 11) is 0. The minimum atomic E-state index is -1.12. The average Bonchev–Trinajstić information content (AvgIpc) is 3.03. The van der Waals surface area contributed by atoms with Gasteiger partial charge in [-0.25, -0.2) is 4.79 Å². The van der Waals surface area contributed by atoms with E-state index in [1.54, 1.807) is 0 Å². The Balaban J connectivity index is 4.29. The van der Waals surface area contributed by atoms with E-state index in [-0.39, 0.29) is 64.0 Å². The zero-order valence-electron chi connectivity index (χ0n) is 27.7. The van der Waals surface area contributed by atoms with Crippen LogP contribution in [0.1, 0.15) is 148 Å². The summed E-state index contributed by atoms with van der Waals surface area (Å²) in [5, 5.41) is 26.5. The molecule has 0 spiro atoms. The first-order chi connectivity index (χ1) is 21.9. The molecule has 0 saturated heterocycles. The van der Waals surface area contributed by atoms with Gasteiger partial charge < -0.3 is 34.3 Å². The van der Waals surface area contributed by atoms with Gasteiger partial charge in [0.25, 0.3) is 0 Å². The predicted octanol–water partition coefficient (Wildman–Crippen LogP) is 5.48. The summed E-state index contributed by atoms with van der Waals surface area (Å²) in [4.78, 5) is 49.2. The maximum absolute atomic E-state index is 12.7. The molecule has 0 aliphatic heterocycles. The van der Waals surface area contributed by atoms with Crippen molar-refractivity contribution in [3.05, 3.63) is 0 Å². The summed E-state index contributed by atoms with van der Waals surface area (Å²) in [5.74, 6) is -1.87. The van der Waals surface area contributed by atoms with Crippen LogP contribution in [-0.2, 0) is 38.1 Å². The number of aliphatic hydroxyl groups excluding tert-OH is 3. The van der Waals surface area contributed by atoms with Crippen molar-refractivity contribution in [1.29, 1.82) is 0 Å². The minimum Gasteiger partial charge on any atom is -0.466 e. The zero-order chi connectivity index (χ0) is 33.2. The van der Waals surface area contributed by atoms with Gasteiger partial charge in [-0.1, -0.05) is 51.4 Å². The Kier molecular flexibility index (Phi) is 31.5. The van der Waals surface area contributed by atoms with Crippen molar-refractivity contribution in [2.75, 3.05) is 39.6 Å². The fourth-order valence-electron chi connectivity index (χ4n) is 4.60. The fraction of sp³-hybridized carbons (Fsp3) is 0.882. The number of carbonyl (C=O) groups excluding carboxylic acids is 4. The molecule has 11 heteroatoms. The van der Waals surface area contributed by atoms with Gasteiger partial charge in [0.15, 0.2) is 6.10 Å². The molecule has 0 heterocycles. The maximum atomic E-state index is 12.7. The van der Waals surface area contributed by atoms with Crippen molar-refractivity contribution in [3.8, 4) is 0 Å². The van der Waals surface area contributed by atoms with Gasteiger partial charge in [0.05, 0.1) is 19.8 Å². The molecule has 0 radical (unpaired) electrons. The molecule has 0 saturated carbocycles. The summed E-state index contributed by atoms with van der Waals surface area (Å²) in [5.41, 5.74) is 0. The van der Waals surface area contributed by atoms with E-state index in [9.17, 15) is 19.2 Å². The molecule has 0 amide bonds. The van der Waals surface area contributed by atoms with Crippen molar-refractivity contribution in [1.82, 2.24) is 0 Å². The molecule has 0 rings (SSSR count). The van der Waals surface area contributed by atoms with Crippen molar-refractivity contribution in [2.24, 2.45) is 0 Å². The maximum Gasteiger partial charge on any atom is 0.347 e. The molecular formula is C34H62O11. The van der Waals surface area contributed by atoms with Crippen LogP contribution < -0.4 is 0 Å². The first kappa shape index (κ1) is 42.8. The van der Waals surface area contributed by atoms with Crippen LogP contribution in [-0.4, -0.2) is 84.9 Å². The Morgan fingerprint density at radius 2 is 0.756 bits per heavy atom. The van der Waals surface area contributed by atoms with Crippen molar-refractivity contribution < 1.29 is 53.4 Å². The molecule has 0 fully saturated rings. The highest BCUT2D eigenvalue weighted by molar-refractivity contribution is 5.79. The topological polar surface area (TPSA) is 166 Å². The lowest BCUT2D eigenvalue weighted by Crippen LogP contribution is -2.30. The molecule has 264 valence electrons. The van der Waals surface area contributed by atoms with Crippen molar-refractivity contribution in [2.45, 2.75) is 154 Å². The minimum absolute atomic E-state index is 0.0504. The van der Waals surface area contributed by atoms with Gasteiger partial charge in [-0.2, -0.15) is 0 Å². The molecule has 11 nitrogen and oxygen atoms in total. The van der Waals surface area contributed by atoms with Crippen LogP contribution in [0.25, 0.3) is 0 Å². The van der Waals surface area contributed by atoms with E-state index < -0.39 is 18.0 Å². The molecule has 45 heavy (non-hydrogen) atoms. The monoisotopic (exact) mass is 646 g/mol. The van der Waals surface area contributed by atoms with Crippen LogP contribution in [0, 0.1) is 0 Å². The van der Waals surface area contributed by atoms with Gasteiger partial charge in [-0.05, 0) is 77.0 Å². The second kappa shape index (κ2) is 33.1. The lowest BCUT2D eigenvalue weighted by molar-refractivity contribution is -0.168. The largest absolute Gasteiger partial charge is 0.466 e.